The van der Waals surface area contributed by atoms with E-state index in [2.05, 4.69) is 10.6 Å². The smallest absolute Gasteiger partial charge is 0.464 e. The van der Waals surface area contributed by atoms with Crippen molar-refractivity contribution < 1.29 is 42.0 Å². The lowest BCUT2D eigenvalue weighted by atomic mass is 9.75. The van der Waals surface area contributed by atoms with E-state index in [4.69, 9.17) is 9.15 Å². The number of carbonyl (C=O) groups excluding carboxylic acids is 2. The van der Waals surface area contributed by atoms with Gasteiger partial charge < -0.3 is 29.4 Å². The first-order chi connectivity index (χ1) is 19.4. The lowest BCUT2D eigenvalue weighted by Gasteiger charge is -2.26. The molecule has 10 nitrogen and oxygen atoms in total. The molecule has 4 N–H and O–H groups in total. The first-order valence-corrected chi connectivity index (χ1v) is 13.3. The van der Waals surface area contributed by atoms with Gasteiger partial charge in [0, 0.05) is 11.9 Å². The van der Waals surface area contributed by atoms with Gasteiger partial charge in [-0.1, -0.05) is 38.1 Å². The Labute approximate surface area is 236 Å². The molecule has 1 saturated heterocycles. The summed E-state index contributed by atoms with van der Waals surface area (Å²) in [6.45, 7) is 2.07. The number of hydrogen-bond donors (Lipinski definition) is 4. The number of furan rings is 1. The third-order valence-electron chi connectivity index (χ3n) is 6.64. The van der Waals surface area contributed by atoms with Gasteiger partial charge in [0.15, 0.2) is 0 Å². The molecule has 0 radical (unpaired) electrons. The van der Waals surface area contributed by atoms with Gasteiger partial charge in [0.1, 0.15) is 23.3 Å². The monoisotopic (exact) mass is 578 g/mol. The van der Waals surface area contributed by atoms with Crippen LogP contribution in [0.5, 0.6) is 0 Å². The van der Waals surface area contributed by atoms with Crippen molar-refractivity contribution in [2.75, 3.05) is 26.3 Å². The number of likely N-dealkylation sites (tertiary alicyclic amines) is 1. The van der Waals surface area contributed by atoms with Crippen LogP contribution in [0.25, 0.3) is 11.0 Å². The van der Waals surface area contributed by atoms with Gasteiger partial charge in [-0.2, -0.15) is 18.4 Å². The lowest BCUT2D eigenvalue weighted by Crippen LogP contribution is -2.56. The van der Waals surface area contributed by atoms with Crippen molar-refractivity contribution in [2.45, 2.75) is 57.3 Å². The van der Waals surface area contributed by atoms with Crippen LogP contribution in [-0.2, 0) is 20.7 Å². The zero-order chi connectivity index (χ0) is 30.2. The Morgan fingerprint density at radius 3 is 2.71 bits per heavy atom. The Kier molecular flexibility index (Phi) is 11.4. The van der Waals surface area contributed by atoms with Crippen molar-refractivity contribution in [2.24, 2.45) is 5.92 Å². The summed E-state index contributed by atoms with van der Waals surface area (Å²) in [7, 11) is -2.01. The Balaban J connectivity index is 1.66. The molecule has 41 heavy (non-hydrogen) atoms. The molecule has 1 aliphatic heterocycles. The van der Waals surface area contributed by atoms with Crippen LogP contribution < -0.4 is 10.6 Å². The van der Waals surface area contributed by atoms with Gasteiger partial charge in [0.05, 0.1) is 38.0 Å². The fraction of sp³-hybridized carbons (Fsp3) is 0.519. The second-order valence-electron chi connectivity index (χ2n) is 10.3. The topological polar surface area (TPSA) is 148 Å². The number of para-hydroxylation sites is 1. The molecule has 1 fully saturated rings. The largest absolute Gasteiger partial charge is 0.475 e. The average molecular weight is 578 g/mol. The number of allylic oxidation sites excluding steroid dienone is 1. The maximum atomic E-state index is 13.0. The zero-order valence-corrected chi connectivity index (χ0v) is 22.9. The van der Waals surface area contributed by atoms with Gasteiger partial charge in [-0.3, -0.25) is 14.9 Å². The molecule has 2 aromatic rings. The first kappa shape index (κ1) is 32.1. The molecule has 0 aliphatic carbocycles. The van der Waals surface area contributed by atoms with Gasteiger partial charge >= 0.3 is 13.3 Å². The standard InChI is InChI=1S/C27H34BF3N4O6/c1-17(2)10-18(12-32)26(37)35-9-5-6-20(35)14-40-15-22(33-16-27(29,30)31)25(36)34-24(28(38)39)11-19-13-41-23-8-4-3-7-21(19)23/h3-4,7-8,10,13,17,20,22,24,33,38-39H,5-6,9,11,14-16H2,1-2H3,(H,34,36)/t20-,22+,24+/m1/s1. The molecular formula is C27H34BF3N4O6. The Morgan fingerprint density at radius 1 is 1.32 bits per heavy atom. The van der Waals surface area contributed by atoms with Crippen molar-refractivity contribution in [3.63, 3.8) is 0 Å². The van der Waals surface area contributed by atoms with E-state index in [1.807, 2.05) is 19.9 Å². The summed E-state index contributed by atoms with van der Waals surface area (Å²) in [5.41, 5.74) is 1.14. The number of halogens is 3. The number of rotatable bonds is 13. The molecule has 0 saturated carbocycles. The van der Waals surface area contributed by atoms with Crippen LogP contribution in [0.1, 0.15) is 32.3 Å². The molecule has 14 heteroatoms. The van der Waals surface area contributed by atoms with Crippen LogP contribution >= 0.6 is 0 Å². The quantitative estimate of drug-likeness (QED) is 0.161. The molecule has 222 valence electrons. The minimum absolute atomic E-state index is 0.00926. The number of nitriles is 1. The number of amides is 2. The van der Waals surface area contributed by atoms with E-state index in [1.165, 1.54) is 11.2 Å². The normalized spacial score (nSPS) is 17.5. The first-order valence-electron chi connectivity index (χ1n) is 13.3. The number of alkyl halides is 3. The SMILES string of the molecule is CC(C)C=C(C#N)C(=O)N1CCC[C@@H]1COC[C@H](NCC(F)(F)F)C(=O)N[C@@H](Cc1coc2ccccc12)B(O)O. The highest BCUT2D eigenvalue weighted by Crippen LogP contribution is 2.23. The third-order valence-corrected chi connectivity index (χ3v) is 6.64. The van der Waals surface area contributed by atoms with Crippen LogP contribution in [0.15, 0.2) is 46.6 Å². The number of nitrogens with zero attached hydrogens (tertiary/aromatic N) is 2. The molecule has 0 bridgehead atoms. The minimum atomic E-state index is -4.62. The fourth-order valence-electron chi connectivity index (χ4n) is 4.65. The van der Waals surface area contributed by atoms with E-state index < -0.39 is 56.3 Å². The van der Waals surface area contributed by atoms with Gasteiger partial charge in [-0.25, -0.2) is 0 Å². The lowest BCUT2D eigenvalue weighted by molar-refractivity contribution is -0.135. The maximum Gasteiger partial charge on any atom is 0.475 e. The summed E-state index contributed by atoms with van der Waals surface area (Å²) in [6.07, 6.45) is -0.464. The highest BCUT2D eigenvalue weighted by molar-refractivity contribution is 6.43. The Hall–Kier alpha value is -3.38. The summed E-state index contributed by atoms with van der Waals surface area (Å²) in [5.74, 6) is -2.63. The fourth-order valence-corrected chi connectivity index (χ4v) is 4.65. The van der Waals surface area contributed by atoms with Crippen molar-refractivity contribution in [1.29, 1.82) is 5.26 Å². The number of carbonyl (C=O) groups is 2. The van der Waals surface area contributed by atoms with Crippen LogP contribution in [0, 0.1) is 17.2 Å². The van der Waals surface area contributed by atoms with Crippen molar-refractivity contribution in [1.82, 2.24) is 15.5 Å². The molecule has 0 unspecified atom stereocenters. The van der Waals surface area contributed by atoms with Crippen LogP contribution in [0.4, 0.5) is 13.2 Å². The van der Waals surface area contributed by atoms with E-state index in [1.54, 1.807) is 30.3 Å². The Bertz CT molecular complexity index is 1260. The molecule has 1 aliphatic rings. The second-order valence-corrected chi connectivity index (χ2v) is 10.3. The molecule has 1 aromatic heterocycles. The molecule has 2 amide bonds. The average Bonchev–Trinajstić information content (AvgIpc) is 3.54. The number of hydrogen-bond acceptors (Lipinski definition) is 8. The predicted octanol–water partition coefficient (Wildman–Crippen LogP) is 2.11. The number of benzene rings is 1. The Morgan fingerprint density at radius 2 is 2.05 bits per heavy atom. The summed E-state index contributed by atoms with van der Waals surface area (Å²) in [5, 5.41) is 34.4. The van der Waals surface area contributed by atoms with E-state index >= 15 is 0 Å². The van der Waals surface area contributed by atoms with Gasteiger partial charge in [0.25, 0.3) is 5.91 Å². The van der Waals surface area contributed by atoms with E-state index in [9.17, 15) is 38.1 Å². The van der Waals surface area contributed by atoms with Crippen LogP contribution in [-0.4, -0.2) is 84.4 Å². The molecule has 1 aromatic carbocycles. The molecule has 0 spiro atoms. The highest BCUT2D eigenvalue weighted by atomic mass is 19.4. The number of ether oxygens (including phenoxy) is 1. The maximum absolute atomic E-state index is 13.0. The van der Waals surface area contributed by atoms with Crippen LogP contribution in [0.3, 0.4) is 0 Å². The van der Waals surface area contributed by atoms with Gasteiger partial charge in [-0.05, 0) is 36.8 Å². The minimum Gasteiger partial charge on any atom is -0.464 e. The van der Waals surface area contributed by atoms with Crippen molar-refractivity contribution in [3.05, 3.63) is 47.7 Å². The third kappa shape index (κ3) is 9.32. The van der Waals surface area contributed by atoms with E-state index in [-0.39, 0.29) is 24.5 Å². The van der Waals surface area contributed by atoms with Gasteiger partial charge in [0.2, 0.25) is 5.91 Å². The van der Waals surface area contributed by atoms with E-state index in [0.29, 0.717) is 35.9 Å². The summed E-state index contributed by atoms with van der Waals surface area (Å²) < 4.78 is 50.0. The highest BCUT2D eigenvalue weighted by Gasteiger charge is 2.35. The number of fused-ring (bicyclic) bond motifs is 1. The summed E-state index contributed by atoms with van der Waals surface area (Å²) in [4.78, 5) is 27.4. The zero-order valence-electron chi connectivity index (χ0n) is 22.9. The summed E-state index contributed by atoms with van der Waals surface area (Å²) in [6, 6.07) is 7.01. The summed E-state index contributed by atoms with van der Waals surface area (Å²) >= 11 is 0. The van der Waals surface area contributed by atoms with Crippen LogP contribution in [0.2, 0.25) is 0 Å². The molecule has 2 heterocycles. The molecule has 3 atom stereocenters. The van der Waals surface area contributed by atoms with Crippen molar-refractivity contribution >= 4 is 29.9 Å². The van der Waals surface area contributed by atoms with Crippen molar-refractivity contribution in [3.8, 4) is 6.07 Å². The van der Waals surface area contributed by atoms with Gasteiger partial charge in [-0.15, -0.1) is 0 Å². The molecular weight excluding hydrogens is 544 g/mol. The van der Waals surface area contributed by atoms with E-state index in [0.717, 1.165) is 0 Å². The number of nitrogens with one attached hydrogen (secondary N) is 2. The predicted molar refractivity (Wildman–Crippen MR) is 144 cm³/mol. The molecule has 3 rings (SSSR count). The second kappa shape index (κ2) is 14.5.